The van der Waals surface area contributed by atoms with E-state index in [0.717, 1.165) is 11.4 Å². The molecular formula is C18H19ClN6O2S. The second-order valence-corrected chi connectivity index (χ2v) is 7.33. The van der Waals surface area contributed by atoms with Crippen LogP contribution in [0.3, 0.4) is 0 Å². The summed E-state index contributed by atoms with van der Waals surface area (Å²) >= 11 is 7.35. The molecular weight excluding hydrogens is 400 g/mol. The standard InChI is InChI=1S/C18H19ClN6O2S/c1-10-7-12(8-15(23-10)21-5-6-26)24-18-22-9-14(28-18)17(27)25-16-11(2)20-4-3-13(16)19/h3-4,7-9,26H,5-6H2,1-2H3,(H,25,27)(H2,21,22,23,24). The van der Waals surface area contributed by atoms with Gasteiger partial charge in [0.2, 0.25) is 0 Å². The Balaban J connectivity index is 1.72. The second kappa shape index (κ2) is 8.96. The Hall–Kier alpha value is -2.75. The number of carbonyl (C=O) groups excluding carboxylic acids is 1. The Morgan fingerprint density at radius 2 is 2.11 bits per heavy atom. The predicted molar refractivity (Wildman–Crippen MR) is 112 cm³/mol. The molecule has 0 bridgehead atoms. The fourth-order valence-corrected chi connectivity index (χ4v) is 3.41. The molecule has 0 aliphatic carbocycles. The Labute approximate surface area is 171 Å². The van der Waals surface area contributed by atoms with Crippen molar-refractivity contribution in [2.45, 2.75) is 13.8 Å². The van der Waals surface area contributed by atoms with Gasteiger partial charge in [0.05, 0.1) is 29.2 Å². The Morgan fingerprint density at radius 1 is 1.29 bits per heavy atom. The van der Waals surface area contributed by atoms with Crippen molar-refractivity contribution in [1.29, 1.82) is 0 Å². The average molecular weight is 419 g/mol. The number of anilines is 4. The first-order valence-electron chi connectivity index (χ1n) is 8.45. The molecule has 0 aliphatic heterocycles. The van der Waals surface area contributed by atoms with Gasteiger partial charge < -0.3 is 21.1 Å². The number of aromatic nitrogens is 3. The van der Waals surface area contributed by atoms with E-state index in [1.165, 1.54) is 17.5 Å². The lowest BCUT2D eigenvalue weighted by Gasteiger charge is -2.09. The van der Waals surface area contributed by atoms with E-state index < -0.39 is 0 Å². The van der Waals surface area contributed by atoms with Crippen LogP contribution in [-0.2, 0) is 0 Å². The summed E-state index contributed by atoms with van der Waals surface area (Å²) in [5.74, 6) is 0.340. The number of halogens is 1. The van der Waals surface area contributed by atoms with Crippen LogP contribution in [0.2, 0.25) is 5.02 Å². The molecule has 4 N–H and O–H groups in total. The van der Waals surface area contributed by atoms with E-state index in [1.54, 1.807) is 19.2 Å². The fourth-order valence-electron chi connectivity index (χ4n) is 2.44. The van der Waals surface area contributed by atoms with E-state index >= 15 is 0 Å². The summed E-state index contributed by atoms with van der Waals surface area (Å²) in [6.45, 7) is 4.07. The molecule has 0 saturated carbocycles. The predicted octanol–water partition coefficient (Wildman–Crippen LogP) is 3.60. The van der Waals surface area contributed by atoms with Gasteiger partial charge >= 0.3 is 0 Å². The molecule has 8 nitrogen and oxygen atoms in total. The number of pyridine rings is 2. The van der Waals surface area contributed by atoms with Crippen LogP contribution >= 0.6 is 22.9 Å². The minimum atomic E-state index is -0.306. The highest BCUT2D eigenvalue weighted by Crippen LogP contribution is 2.27. The van der Waals surface area contributed by atoms with Crippen LogP contribution in [0.25, 0.3) is 0 Å². The molecule has 1 amide bonds. The SMILES string of the molecule is Cc1cc(Nc2ncc(C(=O)Nc3c(Cl)ccnc3C)s2)cc(NCCO)n1. The number of carbonyl (C=O) groups is 1. The van der Waals surface area contributed by atoms with Crippen molar-refractivity contribution >= 4 is 51.2 Å². The molecule has 0 unspecified atom stereocenters. The molecule has 0 radical (unpaired) electrons. The molecule has 0 aliphatic rings. The lowest BCUT2D eigenvalue weighted by molar-refractivity contribution is 0.103. The van der Waals surface area contributed by atoms with Crippen LogP contribution in [0.4, 0.5) is 22.3 Å². The average Bonchev–Trinajstić information content (AvgIpc) is 3.11. The smallest absolute Gasteiger partial charge is 0.267 e. The summed E-state index contributed by atoms with van der Waals surface area (Å²) in [6.07, 6.45) is 3.09. The van der Waals surface area contributed by atoms with Crippen molar-refractivity contribution in [3.05, 3.63) is 51.9 Å². The van der Waals surface area contributed by atoms with Crippen LogP contribution in [0, 0.1) is 13.8 Å². The molecule has 0 saturated heterocycles. The van der Waals surface area contributed by atoms with Crippen LogP contribution in [0.1, 0.15) is 21.1 Å². The highest BCUT2D eigenvalue weighted by atomic mass is 35.5. The van der Waals surface area contributed by atoms with Gasteiger partial charge in [0.25, 0.3) is 5.91 Å². The zero-order valence-electron chi connectivity index (χ0n) is 15.3. The van der Waals surface area contributed by atoms with Gasteiger partial charge in [-0.25, -0.2) is 9.97 Å². The quantitative estimate of drug-likeness (QED) is 0.463. The number of nitrogens with one attached hydrogen (secondary N) is 3. The first kappa shape index (κ1) is 20.0. The number of rotatable bonds is 7. The van der Waals surface area contributed by atoms with Gasteiger partial charge in [0.15, 0.2) is 5.13 Å². The van der Waals surface area contributed by atoms with Crippen molar-refractivity contribution in [2.24, 2.45) is 0 Å². The number of aryl methyl sites for hydroxylation is 2. The Bertz CT molecular complexity index is 974. The summed E-state index contributed by atoms with van der Waals surface area (Å²) in [6, 6.07) is 5.30. The van der Waals surface area contributed by atoms with E-state index in [2.05, 4.69) is 30.9 Å². The highest BCUT2D eigenvalue weighted by Gasteiger charge is 2.14. The maximum Gasteiger partial charge on any atom is 0.267 e. The van der Waals surface area contributed by atoms with Crippen molar-refractivity contribution in [2.75, 3.05) is 29.1 Å². The van der Waals surface area contributed by atoms with Crippen LogP contribution in [0.5, 0.6) is 0 Å². The largest absolute Gasteiger partial charge is 0.395 e. The topological polar surface area (TPSA) is 112 Å². The number of hydrogen-bond donors (Lipinski definition) is 4. The Morgan fingerprint density at radius 3 is 2.86 bits per heavy atom. The molecule has 0 atom stereocenters. The maximum atomic E-state index is 12.5. The molecule has 3 heterocycles. The third-order valence-electron chi connectivity index (χ3n) is 3.68. The van der Waals surface area contributed by atoms with Crippen molar-refractivity contribution in [1.82, 2.24) is 15.0 Å². The third-order valence-corrected chi connectivity index (χ3v) is 4.91. The van der Waals surface area contributed by atoms with Crippen molar-refractivity contribution < 1.29 is 9.90 Å². The first-order chi connectivity index (χ1) is 13.5. The van der Waals surface area contributed by atoms with E-state index in [1.807, 2.05) is 19.1 Å². The molecule has 3 aromatic heterocycles. The number of amides is 1. The van der Waals surface area contributed by atoms with E-state index in [-0.39, 0.29) is 12.5 Å². The molecule has 0 fully saturated rings. The lowest BCUT2D eigenvalue weighted by atomic mass is 10.3. The minimum Gasteiger partial charge on any atom is -0.395 e. The highest BCUT2D eigenvalue weighted by molar-refractivity contribution is 7.17. The van der Waals surface area contributed by atoms with E-state index in [9.17, 15) is 4.79 Å². The number of hydrogen-bond acceptors (Lipinski definition) is 8. The summed E-state index contributed by atoms with van der Waals surface area (Å²) < 4.78 is 0. The first-order valence-corrected chi connectivity index (χ1v) is 9.64. The van der Waals surface area contributed by atoms with Gasteiger partial charge in [-0.3, -0.25) is 9.78 Å². The molecule has 28 heavy (non-hydrogen) atoms. The third kappa shape index (κ3) is 4.94. The number of aliphatic hydroxyl groups is 1. The number of nitrogens with zero attached hydrogens (tertiary/aromatic N) is 3. The van der Waals surface area contributed by atoms with E-state index in [4.69, 9.17) is 16.7 Å². The van der Waals surface area contributed by atoms with Crippen LogP contribution in [-0.4, -0.2) is 39.1 Å². The molecule has 10 heteroatoms. The molecule has 3 aromatic rings. The van der Waals surface area contributed by atoms with Gasteiger partial charge in [0, 0.05) is 30.2 Å². The van der Waals surface area contributed by atoms with Crippen molar-refractivity contribution in [3.8, 4) is 0 Å². The van der Waals surface area contributed by atoms with Gasteiger partial charge in [-0.05, 0) is 26.0 Å². The molecule has 3 rings (SSSR count). The normalized spacial score (nSPS) is 10.6. The molecule has 0 aromatic carbocycles. The van der Waals surface area contributed by atoms with Gasteiger partial charge in [-0.15, -0.1) is 0 Å². The molecule has 146 valence electrons. The minimum absolute atomic E-state index is 0.0176. The second-order valence-electron chi connectivity index (χ2n) is 5.89. The van der Waals surface area contributed by atoms with Gasteiger partial charge in [-0.1, -0.05) is 22.9 Å². The Kier molecular flexibility index (Phi) is 6.40. The maximum absolute atomic E-state index is 12.5. The summed E-state index contributed by atoms with van der Waals surface area (Å²) in [5, 5.41) is 18.9. The van der Waals surface area contributed by atoms with Gasteiger partial charge in [-0.2, -0.15) is 0 Å². The summed E-state index contributed by atoms with van der Waals surface area (Å²) in [7, 11) is 0. The molecule has 0 spiro atoms. The van der Waals surface area contributed by atoms with Crippen LogP contribution < -0.4 is 16.0 Å². The number of aliphatic hydroxyl groups excluding tert-OH is 1. The van der Waals surface area contributed by atoms with E-state index in [0.29, 0.717) is 38.8 Å². The fraction of sp³-hybridized carbons (Fsp3) is 0.222. The monoisotopic (exact) mass is 418 g/mol. The lowest BCUT2D eigenvalue weighted by Crippen LogP contribution is -2.12. The van der Waals surface area contributed by atoms with Crippen molar-refractivity contribution in [3.63, 3.8) is 0 Å². The zero-order chi connectivity index (χ0) is 20.1. The number of thiazole rings is 1. The van der Waals surface area contributed by atoms with Crippen LogP contribution in [0.15, 0.2) is 30.6 Å². The zero-order valence-corrected chi connectivity index (χ0v) is 16.9. The van der Waals surface area contributed by atoms with Gasteiger partial charge in [0.1, 0.15) is 10.7 Å². The summed E-state index contributed by atoms with van der Waals surface area (Å²) in [4.78, 5) is 25.7. The summed E-state index contributed by atoms with van der Waals surface area (Å²) in [5.41, 5.74) is 2.71.